The highest BCUT2D eigenvalue weighted by atomic mass is 16.5. The van der Waals surface area contributed by atoms with E-state index in [9.17, 15) is 4.79 Å². The molecule has 2 N–H and O–H groups in total. The Morgan fingerprint density at radius 3 is 2.57 bits per heavy atom. The van der Waals surface area contributed by atoms with Gasteiger partial charge in [0, 0.05) is 37.7 Å². The van der Waals surface area contributed by atoms with Gasteiger partial charge in [0.2, 0.25) is 5.95 Å². The molecule has 2 heterocycles. The second-order valence-corrected chi connectivity index (χ2v) is 7.04. The van der Waals surface area contributed by atoms with Crippen LogP contribution in [-0.4, -0.2) is 42.2 Å². The average molecular weight is 383 g/mol. The van der Waals surface area contributed by atoms with Gasteiger partial charge in [-0.3, -0.25) is 0 Å². The van der Waals surface area contributed by atoms with Crippen LogP contribution in [0.3, 0.4) is 0 Å². The van der Waals surface area contributed by atoms with Gasteiger partial charge in [-0.2, -0.15) is 0 Å². The molecule has 0 saturated carbocycles. The number of ether oxygens (including phenoxy) is 1. The second kappa shape index (κ2) is 10.5. The van der Waals surface area contributed by atoms with E-state index in [1.54, 1.807) is 12.4 Å². The Balaban J connectivity index is 1.35. The minimum Gasteiger partial charge on any atom is -0.494 e. The fourth-order valence-electron chi connectivity index (χ4n) is 3.17. The lowest BCUT2D eigenvalue weighted by atomic mass is 9.97. The van der Waals surface area contributed by atoms with Crippen LogP contribution in [0.15, 0.2) is 42.7 Å². The zero-order valence-electron chi connectivity index (χ0n) is 16.4. The van der Waals surface area contributed by atoms with Crippen LogP contribution in [0.25, 0.3) is 0 Å². The van der Waals surface area contributed by atoms with Crippen molar-refractivity contribution in [2.75, 3.05) is 36.5 Å². The number of anilines is 2. The van der Waals surface area contributed by atoms with Crippen molar-refractivity contribution in [1.29, 1.82) is 0 Å². The number of carbonyl (C=O) groups is 1. The number of aromatic nitrogens is 2. The lowest BCUT2D eigenvalue weighted by Crippen LogP contribution is -2.40. The number of hydrogen-bond donors (Lipinski definition) is 2. The molecular weight excluding hydrogens is 354 g/mol. The van der Waals surface area contributed by atoms with Crippen LogP contribution in [0.2, 0.25) is 0 Å². The van der Waals surface area contributed by atoms with E-state index < -0.39 is 0 Å². The van der Waals surface area contributed by atoms with E-state index in [4.69, 9.17) is 4.74 Å². The zero-order chi connectivity index (χ0) is 19.6. The first-order chi connectivity index (χ1) is 13.7. The lowest BCUT2D eigenvalue weighted by Gasteiger charge is -2.31. The van der Waals surface area contributed by atoms with E-state index >= 15 is 0 Å². The molecule has 1 saturated heterocycles. The van der Waals surface area contributed by atoms with Crippen LogP contribution in [0, 0.1) is 5.92 Å². The molecule has 0 atom stereocenters. The molecule has 28 heavy (non-hydrogen) atoms. The fourth-order valence-corrected chi connectivity index (χ4v) is 3.17. The monoisotopic (exact) mass is 383 g/mol. The van der Waals surface area contributed by atoms with Crippen molar-refractivity contribution < 1.29 is 9.53 Å². The Morgan fingerprint density at radius 2 is 1.89 bits per heavy atom. The van der Waals surface area contributed by atoms with Gasteiger partial charge < -0.3 is 20.3 Å². The summed E-state index contributed by atoms with van der Waals surface area (Å²) in [5.74, 6) is 2.09. The maximum absolute atomic E-state index is 12.2. The predicted octanol–water partition coefficient (Wildman–Crippen LogP) is 3.69. The molecule has 1 aromatic carbocycles. The Bertz CT molecular complexity index is 715. The maximum Gasteiger partial charge on any atom is 0.319 e. The zero-order valence-corrected chi connectivity index (χ0v) is 16.4. The standard InChI is InChI=1S/C21H29N5O2/c1-2-3-15-28-19-7-5-18(6-8-19)25-21(27)24-16-17-9-13-26(14-10-17)20-22-11-4-12-23-20/h4-8,11-12,17H,2-3,9-10,13-16H2,1H3,(H2,24,25,27). The van der Waals surface area contributed by atoms with Gasteiger partial charge in [-0.05, 0) is 55.5 Å². The van der Waals surface area contributed by atoms with Crippen LogP contribution in [0.1, 0.15) is 32.6 Å². The normalized spacial score (nSPS) is 14.5. The number of benzene rings is 1. The van der Waals surface area contributed by atoms with E-state index in [2.05, 4.69) is 32.4 Å². The summed E-state index contributed by atoms with van der Waals surface area (Å²) in [7, 11) is 0. The van der Waals surface area contributed by atoms with Gasteiger partial charge in [0.05, 0.1) is 6.61 Å². The average Bonchev–Trinajstić information content (AvgIpc) is 2.75. The predicted molar refractivity (Wildman–Crippen MR) is 111 cm³/mol. The highest BCUT2D eigenvalue weighted by Crippen LogP contribution is 2.20. The lowest BCUT2D eigenvalue weighted by molar-refractivity contribution is 0.248. The van der Waals surface area contributed by atoms with E-state index in [1.807, 2.05) is 30.3 Å². The second-order valence-electron chi connectivity index (χ2n) is 7.04. The molecule has 1 aliphatic rings. The third-order valence-corrected chi connectivity index (χ3v) is 4.88. The quantitative estimate of drug-likeness (QED) is 0.680. The first-order valence-electron chi connectivity index (χ1n) is 10.0. The third kappa shape index (κ3) is 6.11. The van der Waals surface area contributed by atoms with Gasteiger partial charge in [0.25, 0.3) is 0 Å². The number of carbonyl (C=O) groups excluding carboxylic acids is 1. The summed E-state index contributed by atoms with van der Waals surface area (Å²) < 4.78 is 5.63. The summed E-state index contributed by atoms with van der Waals surface area (Å²) in [4.78, 5) is 23.0. The smallest absolute Gasteiger partial charge is 0.319 e. The van der Waals surface area contributed by atoms with E-state index in [0.717, 1.165) is 62.8 Å². The van der Waals surface area contributed by atoms with Crippen LogP contribution >= 0.6 is 0 Å². The first kappa shape index (κ1) is 19.9. The topological polar surface area (TPSA) is 79.4 Å². The molecule has 2 aromatic rings. The van der Waals surface area contributed by atoms with Gasteiger partial charge in [-0.25, -0.2) is 14.8 Å². The Hall–Kier alpha value is -2.83. The molecule has 3 rings (SSSR count). The molecule has 0 aliphatic carbocycles. The minimum absolute atomic E-state index is 0.173. The first-order valence-corrected chi connectivity index (χ1v) is 10.0. The highest BCUT2D eigenvalue weighted by Gasteiger charge is 2.21. The molecule has 2 amide bonds. The SMILES string of the molecule is CCCCOc1ccc(NC(=O)NCC2CCN(c3ncccn3)CC2)cc1. The number of urea groups is 1. The molecule has 0 spiro atoms. The van der Waals surface area contributed by atoms with E-state index in [1.165, 1.54) is 0 Å². The van der Waals surface area contributed by atoms with E-state index in [-0.39, 0.29) is 6.03 Å². The highest BCUT2D eigenvalue weighted by molar-refractivity contribution is 5.89. The van der Waals surface area contributed by atoms with Crippen molar-refractivity contribution >= 4 is 17.7 Å². The summed E-state index contributed by atoms with van der Waals surface area (Å²) >= 11 is 0. The van der Waals surface area contributed by atoms with Crippen molar-refractivity contribution in [2.24, 2.45) is 5.92 Å². The Labute approximate surface area is 166 Å². The summed E-state index contributed by atoms with van der Waals surface area (Å²) in [5.41, 5.74) is 0.761. The van der Waals surface area contributed by atoms with Crippen LogP contribution < -0.4 is 20.3 Å². The molecule has 1 aromatic heterocycles. The van der Waals surface area contributed by atoms with Crippen LogP contribution in [0.4, 0.5) is 16.4 Å². The maximum atomic E-state index is 12.2. The van der Waals surface area contributed by atoms with Gasteiger partial charge in [-0.1, -0.05) is 13.3 Å². The van der Waals surface area contributed by atoms with Crippen molar-refractivity contribution in [2.45, 2.75) is 32.6 Å². The minimum atomic E-state index is -0.173. The third-order valence-electron chi connectivity index (χ3n) is 4.88. The number of piperidine rings is 1. The summed E-state index contributed by atoms with van der Waals surface area (Å²) in [6.07, 6.45) is 7.72. The van der Waals surface area contributed by atoms with Crippen molar-refractivity contribution in [3.63, 3.8) is 0 Å². The molecule has 1 fully saturated rings. The summed E-state index contributed by atoms with van der Waals surface area (Å²) in [6, 6.07) is 9.14. The largest absolute Gasteiger partial charge is 0.494 e. The molecular formula is C21H29N5O2. The molecule has 7 nitrogen and oxygen atoms in total. The number of hydrogen-bond acceptors (Lipinski definition) is 5. The number of rotatable bonds is 8. The van der Waals surface area contributed by atoms with Crippen LogP contribution in [0.5, 0.6) is 5.75 Å². The van der Waals surface area contributed by atoms with Gasteiger partial charge in [0.15, 0.2) is 0 Å². The fraction of sp³-hybridized carbons (Fsp3) is 0.476. The molecule has 0 radical (unpaired) electrons. The van der Waals surface area contributed by atoms with Gasteiger partial charge >= 0.3 is 6.03 Å². The summed E-state index contributed by atoms with van der Waals surface area (Å²) in [5, 5.41) is 5.86. The van der Waals surface area contributed by atoms with Gasteiger partial charge in [0.1, 0.15) is 5.75 Å². The number of nitrogens with zero attached hydrogens (tertiary/aromatic N) is 3. The molecule has 0 unspecified atom stereocenters. The number of nitrogens with one attached hydrogen (secondary N) is 2. The molecule has 1 aliphatic heterocycles. The molecule has 7 heteroatoms. The van der Waals surface area contributed by atoms with Crippen molar-refractivity contribution in [3.8, 4) is 5.75 Å². The molecule has 150 valence electrons. The number of unbranched alkanes of at least 4 members (excludes halogenated alkanes) is 1. The van der Waals surface area contributed by atoms with Crippen molar-refractivity contribution in [1.82, 2.24) is 15.3 Å². The van der Waals surface area contributed by atoms with E-state index in [0.29, 0.717) is 12.5 Å². The summed E-state index contributed by atoms with van der Waals surface area (Å²) in [6.45, 7) is 5.36. The number of amides is 2. The molecule has 0 bridgehead atoms. The van der Waals surface area contributed by atoms with Crippen molar-refractivity contribution in [3.05, 3.63) is 42.7 Å². The van der Waals surface area contributed by atoms with Crippen LogP contribution in [-0.2, 0) is 0 Å². The Morgan fingerprint density at radius 1 is 1.18 bits per heavy atom. The Kier molecular flexibility index (Phi) is 7.46. The van der Waals surface area contributed by atoms with Gasteiger partial charge in [-0.15, -0.1) is 0 Å².